The molecule has 2 aromatic carbocycles. The molecule has 2 rings (SSSR count). The van der Waals surface area contributed by atoms with Crippen molar-refractivity contribution in [1.29, 1.82) is 0 Å². The molecule has 0 heterocycles. The molecule has 0 aromatic heterocycles. The third kappa shape index (κ3) is 4.41. The number of halogens is 1. The second-order valence-corrected chi connectivity index (χ2v) is 5.11. The summed E-state index contributed by atoms with van der Waals surface area (Å²) >= 11 is 3.51. The van der Waals surface area contributed by atoms with E-state index in [-0.39, 0.29) is 0 Å². The highest BCUT2D eigenvalue weighted by Crippen LogP contribution is 2.25. The van der Waals surface area contributed by atoms with Crippen LogP contribution in [0, 0.1) is 11.8 Å². The van der Waals surface area contributed by atoms with Gasteiger partial charge in [-0.25, -0.2) is 0 Å². The Morgan fingerprint density at radius 1 is 1.15 bits per heavy atom. The number of hydrogen-bond donors (Lipinski definition) is 1. The van der Waals surface area contributed by atoms with E-state index in [2.05, 4.69) is 39.2 Å². The van der Waals surface area contributed by atoms with E-state index in [0.29, 0.717) is 6.61 Å². The molecule has 0 aliphatic carbocycles. The summed E-state index contributed by atoms with van der Waals surface area (Å²) in [6, 6.07) is 15.9. The zero-order valence-electron chi connectivity index (χ0n) is 11.3. The van der Waals surface area contributed by atoms with Crippen LogP contribution < -0.4 is 10.1 Å². The summed E-state index contributed by atoms with van der Waals surface area (Å²) in [6.07, 6.45) is 0. The van der Waals surface area contributed by atoms with Gasteiger partial charge in [-0.05, 0) is 52.8 Å². The maximum Gasteiger partial charge on any atom is 0.149 e. The van der Waals surface area contributed by atoms with Crippen LogP contribution in [0.4, 0.5) is 0 Å². The minimum atomic E-state index is 0.374. The van der Waals surface area contributed by atoms with Gasteiger partial charge in [-0.1, -0.05) is 36.1 Å². The molecule has 0 unspecified atom stereocenters. The Bertz CT molecular complexity index is 614. The van der Waals surface area contributed by atoms with Crippen molar-refractivity contribution in [2.24, 2.45) is 0 Å². The van der Waals surface area contributed by atoms with Gasteiger partial charge in [-0.2, -0.15) is 0 Å². The Labute approximate surface area is 128 Å². The van der Waals surface area contributed by atoms with Crippen molar-refractivity contribution in [3.63, 3.8) is 0 Å². The molecule has 20 heavy (non-hydrogen) atoms. The summed E-state index contributed by atoms with van der Waals surface area (Å²) < 4.78 is 6.60. The van der Waals surface area contributed by atoms with E-state index >= 15 is 0 Å². The van der Waals surface area contributed by atoms with E-state index in [0.717, 1.165) is 22.3 Å². The van der Waals surface area contributed by atoms with Crippen molar-refractivity contribution in [2.45, 2.75) is 6.54 Å². The zero-order chi connectivity index (χ0) is 14.2. The Kier molecular flexibility index (Phi) is 5.67. The molecule has 0 fully saturated rings. The van der Waals surface area contributed by atoms with Crippen LogP contribution in [-0.2, 0) is 6.54 Å². The van der Waals surface area contributed by atoms with Gasteiger partial charge in [0.15, 0.2) is 0 Å². The van der Waals surface area contributed by atoms with Gasteiger partial charge < -0.3 is 10.1 Å². The highest BCUT2D eigenvalue weighted by Gasteiger charge is 2.01. The maximum absolute atomic E-state index is 5.65. The predicted molar refractivity (Wildman–Crippen MR) is 85.7 cm³/mol. The molecule has 0 aliphatic rings. The fourth-order valence-electron chi connectivity index (χ4n) is 1.75. The lowest BCUT2D eigenvalue weighted by molar-refractivity contribution is 0.368. The number of rotatable bonds is 4. The van der Waals surface area contributed by atoms with E-state index in [1.807, 2.05) is 49.5 Å². The quantitative estimate of drug-likeness (QED) is 0.865. The first-order valence-electron chi connectivity index (χ1n) is 6.39. The first-order valence-corrected chi connectivity index (χ1v) is 7.18. The molecule has 2 aromatic rings. The minimum Gasteiger partial charge on any atom is -0.480 e. The topological polar surface area (TPSA) is 21.3 Å². The summed E-state index contributed by atoms with van der Waals surface area (Å²) in [5.74, 6) is 6.89. The molecule has 2 nitrogen and oxygen atoms in total. The number of benzene rings is 2. The molecular weight excluding hydrogens is 314 g/mol. The Morgan fingerprint density at radius 2 is 1.95 bits per heavy atom. The molecule has 102 valence electrons. The Hall–Kier alpha value is -1.76. The second-order valence-electron chi connectivity index (χ2n) is 4.25. The highest BCUT2D eigenvalue weighted by atomic mass is 79.9. The third-order valence-corrected chi connectivity index (χ3v) is 3.30. The fourth-order valence-corrected chi connectivity index (χ4v) is 2.29. The van der Waals surface area contributed by atoms with Crippen molar-refractivity contribution in [2.75, 3.05) is 13.7 Å². The summed E-state index contributed by atoms with van der Waals surface area (Å²) in [4.78, 5) is 0. The standard InChI is InChI=1S/C17H16BrNO/c1-19-13-15-9-10-17(16(18)12-15)20-11-5-8-14-6-3-2-4-7-14/h2-4,6-7,9-10,12,19H,11,13H2,1H3. The average Bonchev–Trinajstić information content (AvgIpc) is 2.47. The van der Waals surface area contributed by atoms with Crippen LogP contribution in [0.2, 0.25) is 0 Å². The minimum absolute atomic E-state index is 0.374. The molecule has 0 saturated carbocycles. The molecule has 1 N–H and O–H groups in total. The molecule has 3 heteroatoms. The first-order chi connectivity index (χ1) is 9.79. The van der Waals surface area contributed by atoms with Crippen LogP contribution in [0.15, 0.2) is 53.0 Å². The monoisotopic (exact) mass is 329 g/mol. The van der Waals surface area contributed by atoms with E-state index in [1.54, 1.807) is 0 Å². The molecule has 0 radical (unpaired) electrons. The molecule has 0 amide bonds. The Balaban J connectivity index is 1.93. The van der Waals surface area contributed by atoms with Crippen molar-refractivity contribution < 1.29 is 4.74 Å². The van der Waals surface area contributed by atoms with Crippen molar-refractivity contribution in [3.05, 3.63) is 64.1 Å². The van der Waals surface area contributed by atoms with Crippen LogP contribution >= 0.6 is 15.9 Å². The van der Waals surface area contributed by atoms with Gasteiger partial charge in [-0.3, -0.25) is 0 Å². The van der Waals surface area contributed by atoms with Crippen LogP contribution in [-0.4, -0.2) is 13.7 Å². The van der Waals surface area contributed by atoms with E-state index in [4.69, 9.17) is 4.74 Å². The van der Waals surface area contributed by atoms with E-state index < -0.39 is 0 Å². The second kappa shape index (κ2) is 7.74. The van der Waals surface area contributed by atoms with Crippen molar-refractivity contribution >= 4 is 15.9 Å². The predicted octanol–water partition coefficient (Wildman–Crippen LogP) is 3.60. The lowest BCUT2D eigenvalue weighted by atomic mass is 10.2. The normalized spacial score (nSPS) is 9.70. The van der Waals surface area contributed by atoms with Crippen LogP contribution in [0.1, 0.15) is 11.1 Å². The largest absolute Gasteiger partial charge is 0.480 e. The summed E-state index contributed by atoms with van der Waals surface area (Å²) in [5, 5.41) is 3.12. The van der Waals surface area contributed by atoms with Gasteiger partial charge in [0.25, 0.3) is 0 Å². The van der Waals surface area contributed by atoms with E-state index in [9.17, 15) is 0 Å². The smallest absolute Gasteiger partial charge is 0.149 e. The number of nitrogens with one attached hydrogen (secondary N) is 1. The van der Waals surface area contributed by atoms with Crippen LogP contribution in [0.25, 0.3) is 0 Å². The molecule has 0 bridgehead atoms. The van der Waals surface area contributed by atoms with Gasteiger partial charge in [0.05, 0.1) is 4.47 Å². The van der Waals surface area contributed by atoms with Gasteiger partial charge in [0.2, 0.25) is 0 Å². The van der Waals surface area contributed by atoms with Gasteiger partial charge in [0, 0.05) is 12.1 Å². The third-order valence-electron chi connectivity index (χ3n) is 2.68. The molecule has 0 atom stereocenters. The number of hydrogen-bond acceptors (Lipinski definition) is 2. The van der Waals surface area contributed by atoms with Crippen LogP contribution in [0.3, 0.4) is 0 Å². The zero-order valence-corrected chi connectivity index (χ0v) is 12.9. The van der Waals surface area contributed by atoms with Crippen LogP contribution in [0.5, 0.6) is 5.75 Å². The lowest BCUT2D eigenvalue weighted by Gasteiger charge is -2.07. The highest BCUT2D eigenvalue weighted by molar-refractivity contribution is 9.10. The summed E-state index contributed by atoms with van der Waals surface area (Å²) in [7, 11) is 1.93. The first kappa shape index (κ1) is 14.6. The number of ether oxygens (including phenoxy) is 1. The molecule has 0 saturated heterocycles. The van der Waals surface area contributed by atoms with Gasteiger partial charge >= 0.3 is 0 Å². The maximum atomic E-state index is 5.65. The van der Waals surface area contributed by atoms with Crippen molar-refractivity contribution in [3.8, 4) is 17.6 Å². The molecule has 0 spiro atoms. The van der Waals surface area contributed by atoms with Gasteiger partial charge in [0.1, 0.15) is 12.4 Å². The fraction of sp³-hybridized carbons (Fsp3) is 0.176. The van der Waals surface area contributed by atoms with Gasteiger partial charge in [-0.15, -0.1) is 0 Å². The summed E-state index contributed by atoms with van der Waals surface area (Å²) in [5.41, 5.74) is 2.21. The summed E-state index contributed by atoms with van der Waals surface area (Å²) in [6.45, 7) is 1.21. The Morgan fingerprint density at radius 3 is 2.65 bits per heavy atom. The molecular formula is C17H16BrNO. The SMILES string of the molecule is CNCc1ccc(OCC#Cc2ccccc2)c(Br)c1. The molecule has 0 aliphatic heterocycles. The van der Waals surface area contributed by atoms with Crippen molar-refractivity contribution in [1.82, 2.24) is 5.32 Å². The average molecular weight is 330 g/mol. The lowest BCUT2D eigenvalue weighted by Crippen LogP contribution is -2.05. The van der Waals surface area contributed by atoms with E-state index in [1.165, 1.54) is 5.56 Å².